The van der Waals surface area contributed by atoms with E-state index in [-0.39, 0.29) is 5.92 Å². The van der Waals surface area contributed by atoms with Crippen LogP contribution in [0.5, 0.6) is 0 Å². The molecule has 1 atom stereocenters. The predicted octanol–water partition coefficient (Wildman–Crippen LogP) is 10.0. The maximum absolute atomic E-state index is 5.30. The van der Waals surface area contributed by atoms with Crippen LogP contribution in [0.4, 0.5) is 0 Å². The molecular formula is C39H27N3. The molecule has 3 nitrogen and oxygen atoms in total. The monoisotopic (exact) mass is 537 g/mol. The number of pyridine rings is 1. The van der Waals surface area contributed by atoms with E-state index in [4.69, 9.17) is 4.98 Å². The van der Waals surface area contributed by atoms with Crippen LogP contribution in [-0.4, -0.2) is 14.1 Å². The third-order valence-electron chi connectivity index (χ3n) is 8.81. The van der Waals surface area contributed by atoms with Crippen LogP contribution >= 0.6 is 0 Å². The second-order valence-corrected chi connectivity index (χ2v) is 11.2. The van der Waals surface area contributed by atoms with Gasteiger partial charge in [0.25, 0.3) is 0 Å². The Balaban J connectivity index is 1.40. The van der Waals surface area contributed by atoms with Crippen LogP contribution in [0, 0.1) is 0 Å². The molecule has 3 heterocycles. The van der Waals surface area contributed by atoms with Gasteiger partial charge in [0.05, 0.1) is 27.8 Å². The molecule has 0 spiro atoms. The number of fused-ring (bicyclic) bond motifs is 8. The van der Waals surface area contributed by atoms with Gasteiger partial charge in [0.15, 0.2) is 0 Å². The molecule has 5 aromatic carbocycles. The number of aromatic nitrogens is 3. The molecule has 1 aliphatic carbocycles. The van der Waals surface area contributed by atoms with Crippen LogP contribution in [0.15, 0.2) is 146 Å². The van der Waals surface area contributed by atoms with Gasteiger partial charge >= 0.3 is 0 Å². The first kappa shape index (κ1) is 23.3. The van der Waals surface area contributed by atoms with E-state index in [0.717, 1.165) is 17.9 Å². The van der Waals surface area contributed by atoms with Crippen molar-refractivity contribution in [2.45, 2.75) is 12.3 Å². The average molecular weight is 538 g/mol. The van der Waals surface area contributed by atoms with Crippen LogP contribution < -0.4 is 0 Å². The highest BCUT2D eigenvalue weighted by molar-refractivity contribution is 6.26. The van der Waals surface area contributed by atoms with Gasteiger partial charge in [0, 0.05) is 33.2 Å². The molecule has 0 amide bonds. The van der Waals surface area contributed by atoms with Gasteiger partial charge in [-0.05, 0) is 59.7 Å². The second-order valence-electron chi connectivity index (χ2n) is 11.2. The minimum atomic E-state index is 0.290. The summed E-state index contributed by atoms with van der Waals surface area (Å²) in [7, 11) is 0. The molecule has 0 N–H and O–H groups in total. The van der Waals surface area contributed by atoms with E-state index in [2.05, 4.69) is 155 Å². The lowest BCUT2D eigenvalue weighted by molar-refractivity contribution is 0.808. The van der Waals surface area contributed by atoms with Crippen molar-refractivity contribution in [3.05, 3.63) is 151 Å². The summed E-state index contributed by atoms with van der Waals surface area (Å²) >= 11 is 0. The van der Waals surface area contributed by atoms with Crippen molar-refractivity contribution in [1.82, 2.24) is 14.1 Å². The number of benzene rings is 5. The Kier molecular flexibility index (Phi) is 5.02. The summed E-state index contributed by atoms with van der Waals surface area (Å²) in [6.45, 7) is 0. The highest BCUT2D eigenvalue weighted by Crippen LogP contribution is 2.42. The lowest BCUT2D eigenvalue weighted by Gasteiger charge is -2.15. The topological polar surface area (TPSA) is 22.8 Å². The molecule has 0 fully saturated rings. The molecule has 9 rings (SSSR count). The van der Waals surface area contributed by atoms with Crippen LogP contribution in [0.25, 0.3) is 65.9 Å². The number of hydrogen-bond acceptors (Lipinski definition) is 1. The smallest absolute Gasteiger partial charge is 0.137 e. The molecule has 3 aromatic heterocycles. The third-order valence-corrected chi connectivity index (χ3v) is 8.81. The highest BCUT2D eigenvalue weighted by atomic mass is 15.1. The first-order valence-corrected chi connectivity index (χ1v) is 14.6. The number of allylic oxidation sites excluding steroid dienone is 4. The van der Waals surface area contributed by atoms with Gasteiger partial charge in [-0.2, -0.15) is 0 Å². The van der Waals surface area contributed by atoms with Gasteiger partial charge in [0.2, 0.25) is 0 Å². The van der Waals surface area contributed by atoms with Crippen molar-refractivity contribution in [3.8, 4) is 11.5 Å². The van der Waals surface area contributed by atoms with Gasteiger partial charge in [-0.15, -0.1) is 0 Å². The quantitative estimate of drug-likeness (QED) is 0.220. The lowest BCUT2D eigenvalue weighted by atomic mass is 9.97. The zero-order chi connectivity index (χ0) is 27.6. The van der Waals surface area contributed by atoms with Gasteiger partial charge < -0.3 is 4.57 Å². The molecule has 0 saturated heterocycles. The zero-order valence-corrected chi connectivity index (χ0v) is 23.0. The standard InChI is InChI=1S/C39H27N3/c1-2-12-27(13-3-1)33-17-10-20-37(40-33)42-34-18-8-6-15-30(34)31-23-24-36-38(39(31)42)32-16-7-9-19-35(32)41(36)29-22-21-26-11-4-5-14-28(26)25-29/h1-12,14-25,27H,13H2. The second kappa shape index (κ2) is 9.05. The fourth-order valence-corrected chi connectivity index (χ4v) is 6.91. The van der Waals surface area contributed by atoms with E-state index in [1.165, 1.54) is 60.1 Å². The Labute approximate surface area is 243 Å². The van der Waals surface area contributed by atoms with Crippen molar-refractivity contribution >= 4 is 54.4 Å². The molecule has 8 aromatic rings. The number of nitrogens with zero attached hydrogens (tertiary/aromatic N) is 3. The summed E-state index contributed by atoms with van der Waals surface area (Å²) < 4.78 is 4.80. The Morgan fingerprint density at radius 2 is 1.36 bits per heavy atom. The van der Waals surface area contributed by atoms with E-state index in [1.807, 2.05) is 0 Å². The highest BCUT2D eigenvalue weighted by Gasteiger charge is 2.21. The van der Waals surface area contributed by atoms with E-state index in [1.54, 1.807) is 0 Å². The van der Waals surface area contributed by atoms with Crippen molar-refractivity contribution < 1.29 is 0 Å². The average Bonchev–Trinajstić information content (AvgIpc) is 3.58. The molecule has 0 radical (unpaired) electrons. The predicted molar refractivity (Wildman–Crippen MR) is 176 cm³/mol. The Bertz CT molecular complexity index is 2400. The largest absolute Gasteiger partial charge is 0.309 e. The summed E-state index contributed by atoms with van der Waals surface area (Å²) in [6, 6.07) is 43.9. The van der Waals surface area contributed by atoms with Crippen molar-refractivity contribution in [2.75, 3.05) is 0 Å². The SMILES string of the molecule is C1=CCC(c2cccc(-n3c4ccccc4c4ccc5c(c6ccccc6n5-c5ccc6ccccc6c5)c43)n2)C=C1. The Morgan fingerprint density at radius 1 is 0.571 bits per heavy atom. The van der Waals surface area contributed by atoms with Crippen LogP contribution in [0.1, 0.15) is 18.0 Å². The molecule has 0 bridgehead atoms. The molecule has 42 heavy (non-hydrogen) atoms. The summed E-state index contributed by atoms with van der Waals surface area (Å²) in [5.41, 5.74) is 7.04. The minimum Gasteiger partial charge on any atom is -0.309 e. The van der Waals surface area contributed by atoms with E-state index < -0.39 is 0 Å². The van der Waals surface area contributed by atoms with E-state index >= 15 is 0 Å². The van der Waals surface area contributed by atoms with Gasteiger partial charge in [-0.3, -0.25) is 4.57 Å². The van der Waals surface area contributed by atoms with Crippen molar-refractivity contribution in [2.24, 2.45) is 0 Å². The number of rotatable bonds is 3. The lowest BCUT2D eigenvalue weighted by Crippen LogP contribution is -2.04. The van der Waals surface area contributed by atoms with Crippen molar-refractivity contribution in [1.29, 1.82) is 0 Å². The van der Waals surface area contributed by atoms with Crippen LogP contribution in [-0.2, 0) is 0 Å². The fraction of sp³-hybridized carbons (Fsp3) is 0.0513. The fourth-order valence-electron chi connectivity index (χ4n) is 6.91. The molecule has 1 aliphatic rings. The van der Waals surface area contributed by atoms with Crippen molar-refractivity contribution in [3.63, 3.8) is 0 Å². The number of hydrogen-bond donors (Lipinski definition) is 0. The van der Waals surface area contributed by atoms with E-state index in [0.29, 0.717) is 0 Å². The molecule has 3 heteroatoms. The van der Waals surface area contributed by atoms with Crippen LogP contribution in [0.3, 0.4) is 0 Å². The summed E-state index contributed by atoms with van der Waals surface area (Å²) in [4.78, 5) is 5.30. The normalized spacial score (nSPS) is 15.1. The molecule has 198 valence electrons. The first-order chi connectivity index (χ1) is 20.8. The zero-order valence-electron chi connectivity index (χ0n) is 23.0. The Hall–Kier alpha value is -5.41. The summed E-state index contributed by atoms with van der Waals surface area (Å²) in [6.07, 6.45) is 9.71. The minimum absolute atomic E-state index is 0.290. The summed E-state index contributed by atoms with van der Waals surface area (Å²) in [5, 5.41) is 7.46. The molecular weight excluding hydrogens is 510 g/mol. The molecule has 0 saturated carbocycles. The third kappa shape index (κ3) is 3.37. The number of para-hydroxylation sites is 2. The first-order valence-electron chi connectivity index (χ1n) is 14.6. The van der Waals surface area contributed by atoms with Crippen LogP contribution in [0.2, 0.25) is 0 Å². The summed E-state index contributed by atoms with van der Waals surface area (Å²) in [5.74, 6) is 1.24. The van der Waals surface area contributed by atoms with Gasteiger partial charge in [-0.25, -0.2) is 4.98 Å². The van der Waals surface area contributed by atoms with Gasteiger partial charge in [0.1, 0.15) is 5.82 Å². The maximum atomic E-state index is 5.30. The Morgan fingerprint density at radius 3 is 2.21 bits per heavy atom. The van der Waals surface area contributed by atoms with Gasteiger partial charge in [-0.1, -0.05) is 103 Å². The van der Waals surface area contributed by atoms with E-state index in [9.17, 15) is 0 Å². The maximum Gasteiger partial charge on any atom is 0.137 e. The molecule has 1 unspecified atom stereocenters. The molecule has 0 aliphatic heterocycles.